The van der Waals surface area contributed by atoms with E-state index in [-0.39, 0.29) is 0 Å². The van der Waals surface area contributed by atoms with Crippen molar-refractivity contribution in [2.45, 2.75) is 38.1 Å². The van der Waals surface area contributed by atoms with Gasteiger partial charge in [0.1, 0.15) is 17.2 Å². The molecule has 0 saturated heterocycles. The van der Waals surface area contributed by atoms with Gasteiger partial charge in [-0.1, -0.05) is 49.1 Å². The maximum Gasteiger partial charge on any atom is 0.139 e. The van der Waals surface area contributed by atoms with Crippen LogP contribution in [-0.2, 0) is 0 Å². The molecule has 2 heterocycles. The highest BCUT2D eigenvalue weighted by Crippen LogP contribution is 2.35. The lowest BCUT2D eigenvalue weighted by atomic mass is 9.95. The Morgan fingerprint density at radius 3 is 2.67 bits per heavy atom. The second kappa shape index (κ2) is 6.77. The first-order valence-corrected chi connectivity index (χ1v) is 9.58. The van der Waals surface area contributed by atoms with Crippen molar-refractivity contribution in [3.63, 3.8) is 0 Å². The molecule has 1 saturated carbocycles. The maximum atomic E-state index is 6.45. The van der Waals surface area contributed by atoms with Crippen LogP contribution in [0, 0.1) is 0 Å². The zero-order chi connectivity index (χ0) is 16.5. The number of halogens is 2. The van der Waals surface area contributed by atoms with E-state index in [1.165, 1.54) is 32.1 Å². The minimum atomic E-state index is 0.499. The molecule has 3 aromatic rings. The van der Waals surface area contributed by atoms with E-state index < -0.39 is 0 Å². The molecule has 5 heteroatoms. The lowest BCUT2D eigenvalue weighted by Crippen LogP contribution is -2.23. The molecule has 1 aliphatic carbocycles. The van der Waals surface area contributed by atoms with Crippen LogP contribution in [0.3, 0.4) is 0 Å². The second-order valence-electron chi connectivity index (χ2n) is 6.34. The molecule has 0 amide bonds. The van der Waals surface area contributed by atoms with Crippen LogP contribution in [0.15, 0.2) is 47.1 Å². The summed E-state index contributed by atoms with van der Waals surface area (Å²) in [5, 5.41) is 4.47. The molecule has 1 aliphatic rings. The molecular weight excluding hydrogens is 386 g/mol. The Hall–Kier alpha value is -1.52. The molecule has 4 rings (SSSR count). The summed E-state index contributed by atoms with van der Waals surface area (Å²) in [6.45, 7) is 0. The molecule has 0 spiro atoms. The number of hydrogen-bond acceptors (Lipinski definition) is 2. The molecule has 0 aliphatic heterocycles. The molecule has 1 fully saturated rings. The van der Waals surface area contributed by atoms with E-state index in [4.69, 9.17) is 16.6 Å². The molecule has 3 nitrogen and oxygen atoms in total. The predicted octanol–water partition coefficient (Wildman–Crippen LogP) is 6.16. The van der Waals surface area contributed by atoms with Gasteiger partial charge in [-0.2, -0.15) is 0 Å². The van der Waals surface area contributed by atoms with Crippen LogP contribution in [0.25, 0.3) is 16.9 Å². The van der Waals surface area contributed by atoms with E-state index in [1.54, 1.807) is 0 Å². The fraction of sp³-hybridized carbons (Fsp3) is 0.316. The Labute approximate surface area is 155 Å². The number of fused-ring (bicyclic) bond motifs is 1. The van der Waals surface area contributed by atoms with Crippen molar-refractivity contribution in [3.05, 3.63) is 52.1 Å². The topological polar surface area (TPSA) is 29.3 Å². The van der Waals surface area contributed by atoms with Crippen molar-refractivity contribution < 1.29 is 0 Å². The summed E-state index contributed by atoms with van der Waals surface area (Å²) in [5.41, 5.74) is 2.81. The van der Waals surface area contributed by atoms with Gasteiger partial charge in [0, 0.05) is 22.3 Å². The smallest absolute Gasteiger partial charge is 0.139 e. The summed E-state index contributed by atoms with van der Waals surface area (Å²) in [6, 6.07) is 12.4. The quantitative estimate of drug-likeness (QED) is 0.566. The van der Waals surface area contributed by atoms with Crippen molar-refractivity contribution in [1.82, 2.24) is 9.38 Å². The van der Waals surface area contributed by atoms with Crippen LogP contribution in [-0.4, -0.2) is 15.4 Å². The van der Waals surface area contributed by atoms with E-state index in [9.17, 15) is 0 Å². The van der Waals surface area contributed by atoms with E-state index >= 15 is 0 Å². The minimum absolute atomic E-state index is 0.499. The number of anilines is 1. The van der Waals surface area contributed by atoms with Gasteiger partial charge in [0.05, 0.1) is 5.02 Å². The summed E-state index contributed by atoms with van der Waals surface area (Å²) in [4.78, 5) is 4.85. The Balaban J connectivity index is 1.85. The number of hydrogen-bond donors (Lipinski definition) is 1. The number of imidazole rings is 1. The number of pyridine rings is 1. The largest absolute Gasteiger partial charge is 0.367 e. The van der Waals surface area contributed by atoms with Crippen LogP contribution in [0.1, 0.15) is 32.1 Å². The molecule has 0 unspecified atom stereocenters. The Morgan fingerprint density at radius 2 is 1.88 bits per heavy atom. The van der Waals surface area contributed by atoms with Gasteiger partial charge in [-0.15, -0.1) is 0 Å². The highest BCUT2D eigenvalue weighted by Gasteiger charge is 2.20. The normalized spacial score (nSPS) is 15.8. The number of rotatable bonds is 3. The van der Waals surface area contributed by atoms with Gasteiger partial charge < -0.3 is 5.32 Å². The fourth-order valence-electron chi connectivity index (χ4n) is 3.44. The van der Waals surface area contributed by atoms with Gasteiger partial charge in [0.2, 0.25) is 0 Å². The molecule has 124 valence electrons. The third-order valence-electron chi connectivity index (χ3n) is 4.66. The summed E-state index contributed by atoms with van der Waals surface area (Å²) in [7, 11) is 0. The summed E-state index contributed by atoms with van der Waals surface area (Å²) < 4.78 is 3.15. The minimum Gasteiger partial charge on any atom is -0.367 e. The molecule has 2 aromatic heterocycles. The molecular formula is C19H19BrClN3. The first kappa shape index (κ1) is 16.0. The fourth-order valence-corrected chi connectivity index (χ4v) is 4.00. The predicted molar refractivity (Wildman–Crippen MR) is 104 cm³/mol. The van der Waals surface area contributed by atoms with Crippen molar-refractivity contribution >= 4 is 39.0 Å². The summed E-state index contributed by atoms with van der Waals surface area (Å²) in [5.74, 6) is 1.03. The van der Waals surface area contributed by atoms with Crippen LogP contribution in [0.5, 0.6) is 0 Å². The third-order valence-corrected chi connectivity index (χ3v) is 5.46. The number of aromatic nitrogens is 2. The van der Waals surface area contributed by atoms with Crippen molar-refractivity contribution in [3.8, 4) is 11.3 Å². The van der Waals surface area contributed by atoms with E-state index in [1.807, 2.05) is 36.4 Å². The van der Waals surface area contributed by atoms with Crippen LogP contribution < -0.4 is 5.32 Å². The standard InChI is InChI=1S/C19H19BrClN3/c20-13-10-11-17-23-18(15-8-4-5-9-16(15)21)19(24(17)12-13)22-14-6-2-1-3-7-14/h4-5,8-12,14,22H,1-3,6-7H2. The highest BCUT2D eigenvalue weighted by atomic mass is 79.9. The lowest BCUT2D eigenvalue weighted by Gasteiger charge is -2.24. The Morgan fingerprint density at radius 1 is 1.08 bits per heavy atom. The molecule has 1 aromatic carbocycles. The van der Waals surface area contributed by atoms with Crippen LogP contribution >= 0.6 is 27.5 Å². The first-order valence-electron chi connectivity index (χ1n) is 8.41. The second-order valence-corrected chi connectivity index (χ2v) is 7.67. The molecule has 0 radical (unpaired) electrons. The first-order chi connectivity index (χ1) is 11.7. The third kappa shape index (κ3) is 3.05. The molecule has 0 atom stereocenters. The number of benzene rings is 1. The summed E-state index contributed by atoms with van der Waals surface area (Å²) in [6.07, 6.45) is 8.41. The van der Waals surface area contributed by atoms with Crippen LogP contribution in [0.4, 0.5) is 5.82 Å². The van der Waals surface area contributed by atoms with Crippen molar-refractivity contribution in [1.29, 1.82) is 0 Å². The van der Waals surface area contributed by atoms with E-state index in [0.717, 1.165) is 32.2 Å². The molecule has 24 heavy (non-hydrogen) atoms. The van der Waals surface area contributed by atoms with Gasteiger partial charge in [0.15, 0.2) is 0 Å². The van der Waals surface area contributed by atoms with Crippen LogP contribution in [0.2, 0.25) is 5.02 Å². The van der Waals surface area contributed by atoms with Gasteiger partial charge in [-0.25, -0.2) is 4.98 Å². The average molecular weight is 405 g/mol. The number of nitrogens with zero attached hydrogens (tertiary/aromatic N) is 2. The van der Waals surface area contributed by atoms with Gasteiger partial charge in [-0.05, 0) is 47.0 Å². The Bertz CT molecular complexity index is 868. The van der Waals surface area contributed by atoms with Gasteiger partial charge in [0.25, 0.3) is 0 Å². The van der Waals surface area contributed by atoms with Crippen molar-refractivity contribution in [2.75, 3.05) is 5.32 Å². The lowest BCUT2D eigenvalue weighted by molar-refractivity contribution is 0.462. The zero-order valence-corrected chi connectivity index (χ0v) is 15.6. The van der Waals surface area contributed by atoms with Gasteiger partial charge in [-0.3, -0.25) is 4.40 Å². The van der Waals surface area contributed by atoms with E-state index in [0.29, 0.717) is 6.04 Å². The zero-order valence-electron chi connectivity index (χ0n) is 13.3. The Kier molecular flexibility index (Phi) is 4.51. The summed E-state index contributed by atoms with van der Waals surface area (Å²) >= 11 is 10.0. The number of nitrogens with one attached hydrogen (secondary N) is 1. The maximum absolute atomic E-state index is 6.45. The van der Waals surface area contributed by atoms with E-state index in [2.05, 4.69) is 31.8 Å². The SMILES string of the molecule is Clc1ccccc1-c1nc2ccc(Br)cn2c1NC1CCCCC1. The monoisotopic (exact) mass is 403 g/mol. The molecule has 1 N–H and O–H groups in total. The average Bonchev–Trinajstić information content (AvgIpc) is 2.94. The van der Waals surface area contributed by atoms with Gasteiger partial charge >= 0.3 is 0 Å². The van der Waals surface area contributed by atoms with Crippen molar-refractivity contribution in [2.24, 2.45) is 0 Å². The highest BCUT2D eigenvalue weighted by molar-refractivity contribution is 9.10. The molecule has 0 bridgehead atoms.